The van der Waals surface area contributed by atoms with Crippen molar-refractivity contribution >= 4 is 34.0 Å². The number of nitrogens with zero attached hydrogens (tertiary/aromatic N) is 2. The van der Waals surface area contributed by atoms with E-state index in [0.717, 1.165) is 0 Å². The van der Waals surface area contributed by atoms with E-state index < -0.39 is 5.91 Å². The number of fused-ring (bicyclic) bond motifs is 1. The van der Waals surface area contributed by atoms with Crippen LogP contribution in [0.2, 0.25) is 5.02 Å². The average Bonchev–Trinajstić information content (AvgIpc) is 2.66. The maximum absolute atomic E-state index is 12.5. The number of aromatic nitrogens is 2. The fraction of sp³-hybridized carbons (Fsp3) is 0.111. The van der Waals surface area contributed by atoms with Gasteiger partial charge in [0.15, 0.2) is 5.69 Å². The third-order valence-corrected chi connectivity index (χ3v) is 4.02. The fourth-order valence-electron chi connectivity index (χ4n) is 2.50. The molecule has 0 fully saturated rings. The highest BCUT2D eigenvalue weighted by Gasteiger charge is 2.14. The van der Waals surface area contributed by atoms with Crippen LogP contribution in [0.5, 0.6) is 5.75 Å². The van der Waals surface area contributed by atoms with E-state index in [1.54, 1.807) is 49.4 Å². The Hall–Kier alpha value is -3.19. The number of carbonyl (C=O) groups excluding carboxylic acids is 1. The lowest BCUT2D eigenvalue weighted by atomic mass is 10.1. The van der Waals surface area contributed by atoms with Gasteiger partial charge in [0.25, 0.3) is 11.5 Å². The molecule has 1 aromatic heterocycles. The van der Waals surface area contributed by atoms with Gasteiger partial charge in [0.1, 0.15) is 5.75 Å². The SMILES string of the molecule is COc1ccc(Cl)cc1/C(C)=N\NC(=O)c1n[nH]c(=O)c2ccccc12. The minimum atomic E-state index is -0.544. The number of aromatic amines is 1. The first-order chi connectivity index (χ1) is 12.5. The summed E-state index contributed by atoms with van der Waals surface area (Å²) in [6, 6.07) is 11.8. The van der Waals surface area contributed by atoms with Crippen molar-refractivity contribution in [3.8, 4) is 5.75 Å². The summed E-state index contributed by atoms with van der Waals surface area (Å²) in [6.07, 6.45) is 0. The Morgan fingerprint density at radius 2 is 1.96 bits per heavy atom. The molecule has 3 aromatic rings. The Morgan fingerprint density at radius 1 is 1.23 bits per heavy atom. The Morgan fingerprint density at radius 3 is 2.69 bits per heavy atom. The normalized spacial score (nSPS) is 11.4. The van der Waals surface area contributed by atoms with Gasteiger partial charge in [-0.3, -0.25) is 9.59 Å². The van der Waals surface area contributed by atoms with Crippen LogP contribution < -0.4 is 15.7 Å². The van der Waals surface area contributed by atoms with E-state index in [4.69, 9.17) is 16.3 Å². The summed E-state index contributed by atoms with van der Waals surface area (Å²) < 4.78 is 5.28. The lowest BCUT2D eigenvalue weighted by Crippen LogP contribution is -2.23. The molecule has 132 valence electrons. The maximum atomic E-state index is 12.5. The number of carbonyl (C=O) groups is 1. The average molecular weight is 371 g/mol. The van der Waals surface area contributed by atoms with E-state index in [2.05, 4.69) is 20.7 Å². The third kappa shape index (κ3) is 3.43. The van der Waals surface area contributed by atoms with Gasteiger partial charge in [-0.1, -0.05) is 29.8 Å². The van der Waals surface area contributed by atoms with Gasteiger partial charge in [-0.05, 0) is 31.2 Å². The Labute approximate surface area is 153 Å². The van der Waals surface area contributed by atoms with Crippen LogP contribution in [0.15, 0.2) is 52.4 Å². The minimum absolute atomic E-state index is 0.0785. The molecule has 0 atom stereocenters. The number of rotatable bonds is 4. The summed E-state index contributed by atoms with van der Waals surface area (Å²) in [5, 5.41) is 11.6. The first-order valence-corrected chi connectivity index (χ1v) is 8.05. The lowest BCUT2D eigenvalue weighted by molar-refractivity contribution is 0.0950. The monoisotopic (exact) mass is 370 g/mol. The first kappa shape index (κ1) is 17.6. The summed E-state index contributed by atoms with van der Waals surface area (Å²) in [5.41, 5.74) is 3.32. The fourth-order valence-corrected chi connectivity index (χ4v) is 2.67. The smallest absolute Gasteiger partial charge is 0.292 e. The molecular weight excluding hydrogens is 356 g/mol. The number of H-pyrrole nitrogens is 1. The molecule has 0 radical (unpaired) electrons. The summed E-state index contributed by atoms with van der Waals surface area (Å²) in [4.78, 5) is 24.3. The zero-order chi connectivity index (χ0) is 18.7. The summed E-state index contributed by atoms with van der Waals surface area (Å²) in [6.45, 7) is 1.72. The van der Waals surface area contributed by atoms with E-state index in [1.807, 2.05) is 0 Å². The highest BCUT2D eigenvalue weighted by molar-refractivity contribution is 6.31. The van der Waals surface area contributed by atoms with Crippen molar-refractivity contribution in [2.24, 2.45) is 5.10 Å². The number of hydrogen-bond acceptors (Lipinski definition) is 5. The molecule has 1 heterocycles. The largest absolute Gasteiger partial charge is 0.496 e. The molecule has 2 N–H and O–H groups in total. The van der Waals surface area contributed by atoms with Gasteiger partial charge >= 0.3 is 0 Å². The predicted molar refractivity (Wildman–Crippen MR) is 100 cm³/mol. The summed E-state index contributed by atoms with van der Waals surface area (Å²) in [7, 11) is 1.54. The molecule has 0 aliphatic rings. The topological polar surface area (TPSA) is 96.4 Å². The molecule has 2 aromatic carbocycles. The molecule has 0 unspecified atom stereocenters. The van der Waals surface area contributed by atoms with Crippen LogP contribution in [-0.4, -0.2) is 28.9 Å². The van der Waals surface area contributed by atoms with Crippen molar-refractivity contribution in [3.05, 3.63) is 69.1 Å². The molecule has 0 saturated carbocycles. The molecule has 1 amide bonds. The molecule has 0 bridgehead atoms. The van der Waals surface area contributed by atoms with Crippen molar-refractivity contribution in [1.29, 1.82) is 0 Å². The predicted octanol–water partition coefficient (Wildman–Crippen LogP) is 2.74. The Kier molecular flexibility index (Phi) is 4.99. The summed E-state index contributed by atoms with van der Waals surface area (Å²) >= 11 is 6.02. The maximum Gasteiger partial charge on any atom is 0.292 e. The second kappa shape index (κ2) is 7.37. The number of amides is 1. The molecule has 0 aliphatic heterocycles. The highest BCUT2D eigenvalue weighted by atomic mass is 35.5. The van der Waals surface area contributed by atoms with E-state index in [0.29, 0.717) is 32.8 Å². The van der Waals surface area contributed by atoms with Crippen molar-refractivity contribution in [2.75, 3.05) is 7.11 Å². The minimum Gasteiger partial charge on any atom is -0.496 e. The van der Waals surface area contributed by atoms with Crippen LogP contribution in [0.25, 0.3) is 10.8 Å². The zero-order valence-electron chi connectivity index (χ0n) is 14.0. The molecule has 26 heavy (non-hydrogen) atoms. The highest BCUT2D eigenvalue weighted by Crippen LogP contribution is 2.23. The number of halogens is 1. The third-order valence-electron chi connectivity index (χ3n) is 3.79. The molecule has 0 saturated heterocycles. The molecule has 0 spiro atoms. The Balaban J connectivity index is 1.92. The van der Waals surface area contributed by atoms with Gasteiger partial charge in [0, 0.05) is 16.0 Å². The van der Waals surface area contributed by atoms with Crippen molar-refractivity contribution in [2.45, 2.75) is 6.92 Å². The number of ether oxygens (including phenoxy) is 1. The molecule has 0 aliphatic carbocycles. The van der Waals surface area contributed by atoms with E-state index >= 15 is 0 Å². The van der Waals surface area contributed by atoms with Crippen molar-refractivity contribution in [3.63, 3.8) is 0 Å². The van der Waals surface area contributed by atoms with Crippen LogP contribution in [-0.2, 0) is 0 Å². The van der Waals surface area contributed by atoms with Crippen molar-refractivity contribution < 1.29 is 9.53 Å². The number of methoxy groups -OCH3 is 1. The molecule has 8 heteroatoms. The van der Waals surface area contributed by atoms with Crippen LogP contribution in [0, 0.1) is 0 Å². The number of hydrazone groups is 1. The molecule has 3 rings (SSSR count). The summed E-state index contributed by atoms with van der Waals surface area (Å²) in [5.74, 6) is 0.0373. The van der Waals surface area contributed by atoms with Crippen LogP contribution in [0.4, 0.5) is 0 Å². The number of benzene rings is 2. The van der Waals surface area contributed by atoms with Crippen LogP contribution in [0.3, 0.4) is 0 Å². The Bertz CT molecular complexity index is 1080. The van der Waals surface area contributed by atoms with Crippen molar-refractivity contribution in [1.82, 2.24) is 15.6 Å². The first-order valence-electron chi connectivity index (χ1n) is 7.67. The quantitative estimate of drug-likeness (QED) is 0.545. The second-order valence-electron chi connectivity index (χ2n) is 5.43. The second-order valence-corrected chi connectivity index (χ2v) is 5.87. The lowest BCUT2D eigenvalue weighted by Gasteiger charge is -2.09. The van der Waals surface area contributed by atoms with Gasteiger partial charge < -0.3 is 4.74 Å². The van der Waals surface area contributed by atoms with Crippen LogP contribution in [0.1, 0.15) is 23.0 Å². The van der Waals surface area contributed by atoms with Gasteiger partial charge in [-0.25, -0.2) is 10.5 Å². The van der Waals surface area contributed by atoms with E-state index in [9.17, 15) is 9.59 Å². The number of nitrogens with one attached hydrogen (secondary N) is 2. The number of hydrogen-bond donors (Lipinski definition) is 2. The standard InChI is InChI=1S/C18H15ClN4O3/c1-10(14-9-11(19)7-8-15(14)26-2)20-23-18(25)16-12-5-3-4-6-13(12)17(24)22-21-16/h3-9H,1-2H3,(H,22,24)(H,23,25)/b20-10-. The van der Waals surface area contributed by atoms with Gasteiger partial charge in [0.2, 0.25) is 0 Å². The van der Waals surface area contributed by atoms with Gasteiger partial charge in [-0.2, -0.15) is 10.2 Å². The van der Waals surface area contributed by atoms with E-state index in [-0.39, 0.29) is 11.3 Å². The van der Waals surface area contributed by atoms with Gasteiger partial charge in [-0.15, -0.1) is 0 Å². The molecular formula is C18H15ClN4O3. The molecule has 7 nitrogen and oxygen atoms in total. The van der Waals surface area contributed by atoms with Gasteiger partial charge in [0.05, 0.1) is 18.2 Å². The zero-order valence-corrected chi connectivity index (χ0v) is 14.8. The van der Waals surface area contributed by atoms with E-state index in [1.165, 1.54) is 7.11 Å². The van der Waals surface area contributed by atoms with Crippen LogP contribution >= 0.6 is 11.6 Å².